The van der Waals surface area contributed by atoms with Crippen molar-refractivity contribution in [3.8, 4) is 28.6 Å². The Morgan fingerprint density at radius 2 is 1.74 bits per heavy atom. The Balaban J connectivity index is 1.26. The van der Waals surface area contributed by atoms with Crippen LogP contribution in [0.2, 0.25) is 0 Å². The maximum absolute atomic E-state index is 15.1. The third-order valence-corrected chi connectivity index (χ3v) is 14.9. The van der Waals surface area contributed by atoms with Crippen molar-refractivity contribution in [3.05, 3.63) is 60.7 Å². The number of fused-ring (bicyclic) bond motifs is 3. The normalized spacial score (nSPS) is 26.8. The zero-order chi connectivity index (χ0) is 47.1. The standard InChI is InChI=1S/C48H62FN5O10S/c1-28(2)62-34-15-13-31(14-16-34)38-23-32-22-35(61-8)17-18-37(32)42(50-38)63-36-24-39-41(55)52-48(44(57)53-65(59,60)47(27-49)19-20-47)25-33(48)12-10-9-11-29(3)21-30(4)40(43(56)54(39)26-36)51-45(58)64-46(5,6)7/h10,12-18,22-23,28-30,33,36,39-40H,9,11,19-21,24-27H2,1-8H3,(H,51,58)(H,52,55)(H,53,57). The van der Waals surface area contributed by atoms with Gasteiger partial charge in [0.2, 0.25) is 27.7 Å². The fourth-order valence-electron chi connectivity index (χ4n) is 8.89. The van der Waals surface area contributed by atoms with Crippen LogP contribution >= 0.6 is 0 Å². The van der Waals surface area contributed by atoms with Gasteiger partial charge < -0.3 is 34.5 Å². The molecule has 4 aliphatic rings. The van der Waals surface area contributed by atoms with E-state index in [9.17, 15) is 27.2 Å². The number of nitrogens with zero attached hydrogens (tertiary/aromatic N) is 2. The van der Waals surface area contributed by atoms with E-state index in [0.29, 0.717) is 41.8 Å². The highest BCUT2D eigenvalue weighted by molar-refractivity contribution is 7.91. The molecule has 1 aromatic heterocycles. The highest BCUT2D eigenvalue weighted by Crippen LogP contribution is 2.48. The molecule has 3 aromatic rings. The number of methoxy groups -OCH3 is 1. The van der Waals surface area contributed by atoms with Gasteiger partial charge in [-0.05, 0) is 139 Å². The summed E-state index contributed by atoms with van der Waals surface area (Å²) in [5.74, 6) is -1.57. The van der Waals surface area contributed by atoms with E-state index in [1.165, 1.54) is 4.90 Å². The van der Waals surface area contributed by atoms with E-state index in [1.807, 2.05) is 75.4 Å². The van der Waals surface area contributed by atoms with Gasteiger partial charge in [0.05, 0.1) is 25.5 Å². The number of sulfonamides is 1. The number of alkyl halides is 1. The van der Waals surface area contributed by atoms with Gasteiger partial charge in [0.25, 0.3) is 5.91 Å². The number of allylic oxidation sites excluding steroid dienone is 1. The molecule has 3 heterocycles. The van der Waals surface area contributed by atoms with Crippen molar-refractivity contribution in [3.63, 3.8) is 0 Å². The van der Waals surface area contributed by atoms with E-state index in [2.05, 4.69) is 22.3 Å². The average Bonchev–Trinajstić information content (AvgIpc) is 4.14. The summed E-state index contributed by atoms with van der Waals surface area (Å²) in [6.45, 7) is 11.7. The van der Waals surface area contributed by atoms with E-state index in [4.69, 9.17) is 23.9 Å². The van der Waals surface area contributed by atoms with Crippen molar-refractivity contribution < 1.29 is 50.9 Å². The summed E-state index contributed by atoms with van der Waals surface area (Å²) in [5, 5.41) is 7.08. The summed E-state index contributed by atoms with van der Waals surface area (Å²) < 4.78 is 64.8. The topological polar surface area (TPSA) is 192 Å². The van der Waals surface area contributed by atoms with Crippen molar-refractivity contribution in [2.24, 2.45) is 17.8 Å². The van der Waals surface area contributed by atoms with Crippen molar-refractivity contribution in [1.82, 2.24) is 25.2 Å². The van der Waals surface area contributed by atoms with Gasteiger partial charge in [-0.1, -0.05) is 26.0 Å². The van der Waals surface area contributed by atoms with Crippen LogP contribution in [0.25, 0.3) is 22.0 Å². The van der Waals surface area contributed by atoms with Crippen LogP contribution in [0.4, 0.5) is 9.18 Å². The minimum atomic E-state index is -4.42. The second-order valence-corrected chi connectivity index (χ2v) is 21.6. The van der Waals surface area contributed by atoms with Crippen molar-refractivity contribution in [1.29, 1.82) is 0 Å². The van der Waals surface area contributed by atoms with Gasteiger partial charge in [0.1, 0.15) is 52.2 Å². The average molecular weight is 920 g/mol. The molecule has 15 nitrogen and oxygen atoms in total. The maximum atomic E-state index is 15.1. The molecule has 4 amide bonds. The number of amides is 4. The molecule has 65 heavy (non-hydrogen) atoms. The Bertz CT molecular complexity index is 2440. The number of pyridine rings is 1. The summed E-state index contributed by atoms with van der Waals surface area (Å²) in [5.41, 5.74) is -1.19. The predicted octanol–water partition coefficient (Wildman–Crippen LogP) is 6.77. The van der Waals surface area contributed by atoms with E-state index < -0.39 is 86.4 Å². The molecule has 0 bridgehead atoms. The monoisotopic (exact) mass is 919 g/mol. The van der Waals surface area contributed by atoms with Crippen LogP contribution in [-0.4, -0.2) is 103 Å². The van der Waals surface area contributed by atoms with Crippen LogP contribution in [-0.2, 0) is 29.1 Å². The maximum Gasteiger partial charge on any atom is 0.408 e. The van der Waals surface area contributed by atoms with Gasteiger partial charge in [0.15, 0.2) is 0 Å². The lowest BCUT2D eigenvalue weighted by Gasteiger charge is -2.33. The molecule has 2 aliphatic heterocycles. The number of ether oxygens (including phenoxy) is 4. The lowest BCUT2D eigenvalue weighted by atomic mass is 9.88. The number of nitrogens with one attached hydrogen (secondary N) is 3. The van der Waals surface area contributed by atoms with E-state index in [1.54, 1.807) is 33.9 Å². The molecule has 0 radical (unpaired) electrons. The molecule has 7 rings (SSSR count). The Labute approximate surface area is 380 Å². The number of halogens is 1. The Kier molecular flexibility index (Phi) is 13.5. The van der Waals surface area contributed by atoms with E-state index in [-0.39, 0.29) is 50.1 Å². The molecule has 2 aromatic carbocycles. The summed E-state index contributed by atoms with van der Waals surface area (Å²) >= 11 is 0. The van der Waals surface area contributed by atoms with Crippen LogP contribution in [0.5, 0.6) is 17.4 Å². The molecular formula is C48H62FN5O10S. The molecule has 7 atom stereocenters. The Morgan fingerprint density at radius 3 is 2.38 bits per heavy atom. The minimum Gasteiger partial charge on any atom is -0.497 e. The summed E-state index contributed by atoms with van der Waals surface area (Å²) in [4.78, 5) is 63.6. The fourth-order valence-corrected chi connectivity index (χ4v) is 10.3. The molecule has 2 aliphatic carbocycles. The van der Waals surface area contributed by atoms with Gasteiger partial charge >= 0.3 is 6.09 Å². The van der Waals surface area contributed by atoms with Gasteiger partial charge in [-0.3, -0.25) is 19.1 Å². The number of carbonyl (C=O) groups excluding carboxylic acids is 4. The van der Waals surface area contributed by atoms with Crippen molar-refractivity contribution in [2.45, 2.75) is 134 Å². The summed E-state index contributed by atoms with van der Waals surface area (Å²) in [6.07, 6.45) is 4.15. The highest BCUT2D eigenvalue weighted by atomic mass is 32.2. The molecule has 7 unspecified atom stereocenters. The van der Waals surface area contributed by atoms with Crippen LogP contribution in [0, 0.1) is 17.8 Å². The van der Waals surface area contributed by atoms with E-state index in [0.717, 1.165) is 10.9 Å². The first-order valence-electron chi connectivity index (χ1n) is 22.5. The first-order chi connectivity index (χ1) is 30.7. The number of benzene rings is 2. The van der Waals surface area contributed by atoms with Crippen molar-refractivity contribution >= 4 is 44.6 Å². The number of carbonyl (C=O) groups is 4. The molecule has 1 saturated heterocycles. The van der Waals surface area contributed by atoms with Gasteiger partial charge in [0, 0.05) is 23.3 Å². The minimum absolute atomic E-state index is 0.0134. The first kappa shape index (κ1) is 47.5. The third kappa shape index (κ3) is 10.5. The molecule has 17 heteroatoms. The van der Waals surface area contributed by atoms with Gasteiger partial charge in [-0.15, -0.1) is 0 Å². The zero-order valence-electron chi connectivity index (χ0n) is 38.4. The zero-order valence-corrected chi connectivity index (χ0v) is 39.3. The predicted molar refractivity (Wildman–Crippen MR) is 242 cm³/mol. The van der Waals surface area contributed by atoms with Crippen LogP contribution in [0.1, 0.15) is 93.4 Å². The second-order valence-electron chi connectivity index (χ2n) is 19.5. The van der Waals surface area contributed by atoms with Crippen LogP contribution < -0.4 is 29.6 Å². The SMILES string of the molecule is COc1ccc2c(OC3CC4C(=O)NC5(C(=O)NS(=O)(=O)C6(CF)CC6)CC5C=CCCC(C)CC(C)C(NC(=O)OC(C)(C)C)C(=O)N4C3)nc(-c3ccc(OC(C)C)cc3)cc2c1. The van der Waals surface area contributed by atoms with Crippen molar-refractivity contribution in [2.75, 3.05) is 20.3 Å². The van der Waals surface area contributed by atoms with Crippen LogP contribution in [0.15, 0.2) is 60.7 Å². The molecule has 352 valence electrons. The largest absolute Gasteiger partial charge is 0.497 e. The molecular weight excluding hydrogens is 858 g/mol. The molecule has 0 spiro atoms. The number of hydrogen-bond acceptors (Lipinski definition) is 11. The summed E-state index contributed by atoms with van der Waals surface area (Å²) in [6, 6.07) is 12.5. The van der Waals surface area contributed by atoms with Gasteiger partial charge in [-0.25, -0.2) is 22.6 Å². The molecule has 2 saturated carbocycles. The first-order valence-corrected chi connectivity index (χ1v) is 24.0. The number of aromatic nitrogens is 1. The lowest BCUT2D eigenvalue weighted by Crippen LogP contribution is -2.59. The number of rotatable bonds is 11. The van der Waals surface area contributed by atoms with Crippen LogP contribution in [0.3, 0.4) is 0 Å². The second kappa shape index (κ2) is 18.4. The Morgan fingerprint density at radius 1 is 1.03 bits per heavy atom. The number of alkyl carbamates (subject to hydrolysis) is 1. The summed E-state index contributed by atoms with van der Waals surface area (Å²) in [7, 11) is -2.85. The smallest absolute Gasteiger partial charge is 0.408 e. The quantitative estimate of drug-likeness (QED) is 0.172. The molecule has 3 N–H and O–H groups in total. The molecule has 3 fully saturated rings. The third-order valence-electron chi connectivity index (χ3n) is 12.7. The highest BCUT2D eigenvalue weighted by Gasteiger charge is 2.64. The number of hydrogen-bond donors (Lipinski definition) is 3. The lowest BCUT2D eigenvalue weighted by molar-refractivity contribution is -0.142. The van der Waals surface area contributed by atoms with Gasteiger partial charge in [-0.2, -0.15) is 0 Å². The fraction of sp³-hybridized carbons (Fsp3) is 0.562. The van der Waals surface area contributed by atoms with E-state index >= 15 is 4.79 Å². The Hall–Kier alpha value is -5.45.